The Hall–Kier alpha value is -2.89. The second-order valence-corrected chi connectivity index (χ2v) is 7.67. The number of carbonyl (C=O) groups is 1. The van der Waals surface area contributed by atoms with Gasteiger partial charge in [0.2, 0.25) is 5.36 Å². The minimum atomic E-state index is 0. The summed E-state index contributed by atoms with van der Waals surface area (Å²) in [6.45, 7) is 1.57. The van der Waals surface area contributed by atoms with E-state index < -0.39 is 0 Å². The van der Waals surface area contributed by atoms with E-state index in [9.17, 15) is 4.79 Å². The maximum absolute atomic E-state index is 11.7. The van der Waals surface area contributed by atoms with E-state index in [0.717, 1.165) is 44.5 Å². The van der Waals surface area contributed by atoms with Crippen LogP contribution in [0.3, 0.4) is 0 Å². The standard InChI is InChI=1S/C25H24N2O2.Co/c1-16(28)17-6-8-18(9-7-17)25-21-12-10-19(26(2)3)14-23(21)29-24-15-20(27(4)5)11-13-22(24)25;/h6-8,10-15H,1-5H3;. The van der Waals surface area contributed by atoms with Gasteiger partial charge in [-0.05, 0) is 23.9 Å². The third-order valence-electron chi connectivity index (χ3n) is 5.21. The molecule has 0 bridgehead atoms. The zero-order valence-electron chi connectivity index (χ0n) is 17.7. The molecule has 0 amide bonds. The Morgan fingerprint density at radius 2 is 1.80 bits per heavy atom. The van der Waals surface area contributed by atoms with Crippen LogP contribution in [-0.2, 0) is 16.8 Å². The predicted octanol–water partition coefficient (Wildman–Crippen LogP) is 4.30. The summed E-state index contributed by atoms with van der Waals surface area (Å²) in [4.78, 5) is 13.7. The average molecular weight is 443 g/mol. The molecule has 155 valence electrons. The molecule has 2 aromatic carbocycles. The van der Waals surface area contributed by atoms with Crippen molar-refractivity contribution in [1.29, 1.82) is 0 Å². The van der Waals surface area contributed by atoms with E-state index in [4.69, 9.17) is 4.42 Å². The first-order chi connectivity index (χ1) is 13.8. The fraction of sp³-hybridized carbons (Fsp3) is 0.200. The smallest absolute Gasteiger partial charge is 0.203 e. The molecule has 1 aliphatic heterocycles. The number of Topliss-reactive ketones (excluding diaryl/α,β-unsaturated/α-hetero) is 1. The van der Waals surface area contributed by atoms with Crippen molar-refractivity contribution in [2.45, 2.75) is 6.92 Å². The Labute approximate surface area is 187 Å². The van der Waals surface area contributed by atoms with Crippen molar-refractivity contribution in [3.63, 3.8) is 0 Å². The summed E-state index contributed by atoms with van der Waals surface area (Å²) in [5.41, 5.74) is 5.58. The van der Waals surface area contributed by atoms with Gasteiger partial charge in [-0.15, -0.1) is 29.8 Å². The molecule has 1 radical (unpaired) electrons. The molecule has 0 fully saturated rings. The fourth-order valence-corrected chi connectivity index (χ4v) is 3.51. The van der Waals surface area contributed by atoms with Crippen molar-refractivity contribution < 1.29 is 26.0 Å². The molecule has 1 aliphatic carbocycles. The zero-order chi connectivity index (χ0) is 20.7. The number of fused-ring (bicyclic) bond motifs is 2. The van der Waals surface area contributed by atoms with E-state index in [0.29, 0.717) is 5.56 Å². The van der Waals surface area contributed by atoms with Gasteiger partial charge in [0.1, 0.15) is 31.2 Å². The molecule has 0 atom stereocenters. The quantitative estimate of drug-likeness (QED) is 0.205. The van der Waals surface area contributed by atoms with E-state index >= 15 is 0 Å². The number of hydrogen-bond donors (Lipinski definition) is 0. The maximum Gasteiger partial charge on any atom is 0.203 e. The van der Waals surface area contributed by atoms with Crippen LogP contribution in [-0.4, -0.2) is 34.0 Å². The van der Waals surface area contributed by atoms with E-state index in [2.05, 4.69) is 51.9 Å². The van der Waals surface area contributed by atoms with Crippen LogP contribution in [0.2, 0.25) is 0 Å². The molecule has 5 heteroatoms. The van der Waals surface area contributed by atoms with Gasteiger partial charge in [-0.25, -0.2) is 4.58 Å². The Balaban J connectivity index is 0.00000256. The minimum absolute atomic E-state index is 0. The third-order valence-corrected chi connectivity index (χ3v) is 5.21. The van der Waals surface area contributed by atoms with Crippen LogP contribution in [0.15, 0.2) is 59.0 Å². The van der Waals surface area contributed by atoms with Crippen LogP contribution in [0, 0.1) is 6.07 Å². The van der Waals surface area contributed by atoms with Gasteiger partial charge >= 0.3 is 0 Å². The number of hydrogen-bond acceptors (Lipinski definition) is 3. The molecule has 0 saturated carbocycles. The fourth-order valence-electron chi connectivity index (χ4n) is 3.51. The zero-order valence-corrected chi connectivity index (χ0v) is 18.8. The van der Waals surface area contributed by atoms with Gasteiger partial charge in [0.25, 0.3) is 0 Å². The van der Waals surface area contributed by atoms with Gasteiger partial charge in [-0.3, -0.25) is 0 Å². The van der Waals surface area contributed by atoms with Gasteiger partial charge in [0.05, 0.1) is 6.07 Å². The van der Waals surface area contributed by atoms with Crippen LogP contribution in [0.1, 0.15) is 17.3 Å². The molecule has 2 aromatic rings. The normalized spacial score (nSPS) is 10.7. The van der Waals surface area contributed by atoms with Crippen molar-refractivity contribution in [2.75, 3.05) is 33.1 Å². The molecule has 1 heterocycles. The molecule has 0 aromatic heterocycles. The van der Waals surface area contributed by atoms with Crippen molar-refractivity contribution in [1.82, 2.24) is 4.58 Å². The van der Waals surface area contributed by atoms with Crippen LogP contribution in [0.25, 0.3) is 33.4 Å². The van der Waals surface area contributed by atoms with Gasteiger partial charge in [0, 0.05) is 48.7 Å². The van der Waals surface area contributed by atoms with E-state index in [1.165, 1.54) is 0 Å². The Kier molecular flexibility index (Phi) is 6.15. The minimum Gasteiger partial charge on any atom is -0.457 e. The largest absolute Gasteiger partial charge is 0.457 e. The second kappa shape index (κ2) is 8.46. The van der Waals surface area contributed by atoms with E-state index in [1.807, 2.05) is 40.3 Å². The summed E-state index contributed by atoms with van der Waals surface area (Å²) in [6.07, 6.45) is 0. The van der Waals surface area contributed by atoms with Gasteiger partial charge in [0.15, 0.2) is 0 Å². The topological polar surface area (TPSA) is 36.5 Å². The van der Waals surface area contributed by atoms with Crippen molar-refractivity contribution in [3.05, 3.63) is 71.6 Å². The summed E-state index contributed by atoms with van der Waals surface area (Å²) >= 11 is 0. The van der Waals surface area contributed by atoms with Crippen molar-refractivity contribution in [2.24, 2.45) is 0 Å². The number of anilines is 1. The SMILES string of the molecule is CC(=O)c1c[c-]c(-c2c3ccc(=[N+](C)C)cc-3oc3cc(N(C)C)ccc23)cc1.[Co]. The van der Waals surface area contributed by atoms with Gasteiger partial charge in [-0.1, -0.05) is 23.3 Å². The van der Waals surface area contributed by atoms with Crippen LogP contribution >= 0.6 is 0 Å². The Bertz CT molecular complexity index is 1270. The molecule has 0 spiro atoms. The van der Waals surface area contributed by atoms with Crippen molar-refractivity contribution >= 4 is 22.4 Å². The Morgan fingerprint density at radius 1 is 1.03 bits per heavy atom. The monoisotopic (exact) mass is 443 g/mol. The van der Waals surface area contributed by atoms with Gasteiger partial charge < -0.3 is 14.1 Å². The number of ketones is 1. The molecule has 4 nitrogen and oxygen atoms in total. The summed E-state index contributed by atoms with van der Waals surface area (Å²) < 4.78 is 8.39. The first-order valence-corrected chi connectivity index (χ1v) is 9.56. The molecule has 4 rings (SSSR count). The molecule has 0 saturated heterocycles. The van der Waals surface area contributed by atoms with E-state index in [-0.39, 0.29) is 22.6 Å². The van der Waals surface area contributed by atoms with Crippen LogP contribution in [0.4, 0.5) is 5.69 Å². The Morgan fingerprint density at radius 3 is 2.40 bits per heavy atom. The molecule has 30 heavy (non-hydrogen) atoms. The third kappa shape index (κ3) is 3.91. The first kappa shape index (κ1) is 21.8. The number of carbonyl (C=O) groups excluding carboxylic acids is 1. The van der Waals surface area contributed by atoms with Gasteiger partial charge in [-0.2, -0.15) is 0 Å². The maximum atomic E-state index is 11.7. The summed E-state index contributed by atoms with van der Waals surface area (Å²) in [5.74, 6) is 0.857. The molecular weight excluding hydrogens is 419 g/mol. The molecule has 2 aliphatic rings. The first-order valence-electron chi connectivity index (χ1n) is 9.56. The average Bonchev–Trinajstić information content (AvgIpc) is 2.71. The predicted molar refractivity (Wildman–Crippen MR) is 119 cm³/mol. The summed E-state index contributed by atoms with van der Waals surface area (Å²) in [6, 6.07) is 21.4. The molecule has 0 N–H and O–H groups in total. The number of benzene rings is 3. The molecule has 0 unspecified atom stereocenters. The molecular formula is C25H24CoN2O2. The number of nitrogens with zero attached hydrogens (tertiary/aromatic N) is 2. The summed E-state index contributed by atoms with van der Waals surface area (Å²) in [7, 11) is 8.06. The van der Waals surface area contributed by atoms with E-state index in [1.54, 1.807) is 13.0 Å². The second-order valence-electron chi connectivity index (χ2n) is 7.67. The van der Waals surface area contributed by atoms with Crippen LogP contribution < -0.4 is 14.8 Å². The summed E-state index contributed by atoms with van der Waals surface area (Å²) in [5, 5.41) is 2.10. The van der Waals surface area contributed by atoms with Crippen LogP contribution in [0.5, 0.6) is 0 Å². The van der Waals surface area contributed by atoms with Crippen molar-refractivity contribution in [3.8, 4) is 22.5 Å². The number of rotatable bonds is 3.